The SMILES string of the molecule is O=[N+]([O-])c1ccc2ccc3c4c(cc5ccc1c2c53)C=C[C@H](O)[C@H]4O. The van der Waals surface area contributed by atoms with Gasteiger partial charge in [0.05, 0.1) is 10.3 Å². The smallest absolute Gasteiger partial charge is 0.277 e. The molecule has 0 amide bonds. The Bertz CT molecular complexity index is 1210. The van der Waals surface area contributed by atoms with E-state index < -0.39 is 12.2 Å². The van der Waals surface area contributed by atoms with Crippen molar-refractivity contribution in [1.29, 1.82) is 0 Å². The van der Waals surface area contributed by atoms with Crippen LogP contribution in [0.3, 0.4) is 0 Å². The third-order valence-electron chi connectivity index (χ3n) is 5.12. The number of rotatable bonds is 1. The Kier molecular flexibility index (Phi) is 2.72. The first-order valence-electron chi connectivity index (χ1n) is 7.99. The lowest BCUT2D eigenvalue weighted by Crippen LogP contribution is -2.19. The molecule has 0 bridgehead atoms. The van der Waals surface area contributed by atoms with Gasteiger partial charge >= 0.3 is 0 Å². The van der Waals surface area contributed by atoms with Crippen molar-refractivity contribution in [2.75, 3.05) is 0 Å². The average Bonchev–Trinajstić information content (AvgIpc) is 2.61. The van der Waals surface area contributed by atoms with Crippen LogP contribution in [0.4, 0.5) is 5.69 Å². The molecule has 0 aliphatic heterocycles. The van der Waals surface area contributed by atoms with Crippen LogP contribution in [0.1, 0.15) is 17.2 Å². The average molecular weight is 331 g/mol. The molecule has 0 fully saturated rings. The van der Waals surface area contributed by atoms with Crippen LogP contribution in [0.5, 0.6) is 0 Å². The fourth-order valence-electron chi connectivity index (χ4n) is 4.01. The Morgan fingerprint density at radius 3 is 2.40 bits per heavy atom. The van der Waals surface area contributed by atoms with Crippen LogP contribution in [0.25, 0.3) is 38.4 Å². The Morgan fingerprint density at radius 1 is 0.920 bits per heavy atom. The zero-order valence-electron chi connectivity index (χ0n) is 13.0. The van der Waals surface area contributed by atoms with Crippen LogP contribution < -0.4 is 0 Å². The number of fused-ring (bicyclic) bond motifs is 2. The zero-order chi connectivity index (χ0) is 17.3. The van der Waals surface area contributed by atoms with Crippen molar-refractivity contribution < 1.29 is 15.1 Å². The van der Waals surface area contributed by atoms with Crippen LogP contribution in [0.15, 0.2) is 48.5 Å². The summed E-state index contributed by atoms with van der Waals surface area (Å²) in [7, 11) is 0. The minimum absolute atomic E-state index is 0.0695. The highest BCUT2D eigenvalue weighted by atomic mass is 16.6. The van der Waals surface area contributed by atoms with Crippen molar-refractivity contribution in [2.24, 2.45) is 0 Å². The number of aliphatic hydroxyl groups is 2. The van der Waals surface area contributed by atoms with Gasteiger partial charge in [-0.15, -0.1) is 0 Å². The fourth-order valence-corrected chi connectivity index (χ4v) is 4.01. The van der Waals surface area contributed by atoms with Gasteiger partial charge in [-0.25, -0.2) is 0 Å². The van der Waals surface area contributed by atoms with Crippen LogP contribution in [0.2, 0.25) is 0 Å². The van der Waals surface area contributed by atoms with Crippen molar-refractivity contribution in [2.45, 2.75) is 12.2 Å². The topological polar surface area (TPSA) is 83.6 Å². The van der Waals surface area contributed by atoms with E-state index in [0.29, 0.717) is 10.9 Å². The highest BCUT2D eigenvalue weighted by Gasteiger charge is 2.26. The molecule has 2 atom stereocenters. The van der Waals surface area contributed by atoms with E-state index in [-0.39, 0.29) is 10.6 Å². The van der Waals surface area contributed by atoms with Crippen molar-refractivity contribution >= 4 is 44.1 Å². The third kappa shape index (κ3) is 1.79. The molecule has 5 heteroatoms. The zero-order valence-corrected chi connectivity index (χ0v) is 13.0. The molecule has 0 unspecified atom stereocenters. The van der Waals surface area contributed by atoms with Crippen molar-refractivity contribution in [1.82, 2.24) is 0 Å². The molecule has 4 aromatic rings. The summed E-state index contributed by atoms with van der Waals surface area (Å²) in [6.07, 6.45) is 1.42. The Balaban J connectivity index is 2.03. The second kappa shape index (κ2) is 4.75. The van der Waals surface area contributed by atoms with Gasteiger partial charge in [0, 0.05) is 11.5 Å². The van der Waals surface area contributed by atoms with E-state index >= 15 is 0 Å². The summed E-state index contributed by atoms with van der Waals surface area (Å²) >= 11 is 0. The van der Waals surface area contributed by atoms with E-state index in [1.807, 2.05) is 30.3 Å². The van der Waals surface area contributed by atoms with Crippen LogP contribution in [0, 0.1) is 10.1 Å². The molecule has 0 aromatic heterocycles. The predicted octanol–water partition coefficient (Wildman–Crippen LogP) is 3.91. The van der Waals surface area contributed by atoms with E-state index in [9.17, 15) is 20.3 Å². The lowest BCUT2D eigenvalue weighted by Gasteiger charge is -2.25. The molecule has 0 saturated heterocycles. The lowest BCUT2D eigenvalue weighted by molar-refractivity contribution is -0.383. The normalized spacial score (nSPS) is 19.8. The summed E-state index contributed by atoms with van der Waals surface area (Å²) < 4.78 is 0. The maximum atomic E-state index is 11.4. The van der Waals surface area contributed by atoms with E-state index in [4.69, 9.17) is 0 Å². The Hall–Kier alpha value is -3.02. The van der Waals surface area contributed by atoms with Crippen LogP contribution in [-0.4, -0.2) is 21.2 Å². The fraction of sp³-hybridized carbons (Fsp3) is 0.100. The molecular formula is C20H13NO4. The van der Waals surface area contributed by atoms with E-state index in [1.165, 1.54) is 6.07 Å². The molecule has 0 spiro atoms. The first kappa shape index (κ1) is 14.3. The number of aliphatic hydroxyl groups excluding tert-OH is 2. The minimum Gasteiger partial charge on any atom is -0.386 e. The Labute approximate surface area is 141 Å². The molecule has 2 N–H and O–H groups in total. The number of nitro groups is 1. The van der Waals surface area contributed by atoms with Crippen LogP contribution in [-0.2, 0) is 0 Å². The summed E-state index contributed by atoms with van der Waals surface area (Å²) in [5, 5.41) is 36.9. The molecule has 0 saturated carbocycles. The molecule has 25 heavy (non-hydrogen) atoms. The molecule has 122 valence electrons. The van der Waals surface area contributed by atoms with Gasteiger partial charge in [-0.2, -0.15) is 0 Å². The van der Waals surface area contributed by atoms with Crippen molar-refractivity contribution in [3.63, 3.8) is 0 Å². The summed E-state index contributed by atoms with van der Waals surface area (Å²) in [5.74, 6) is 0. The van der Waals surface area contributed by atoms with E-state index in [2.05, 4.69) is 0 Å². The van der Waals surface area contributed by atoms with Crippen molar-refractivity contribution in [3.8, 4) is 0 Å². The lowest BCUT2D eigenvalue weighted by atomic mass is 9.84. The minimum atomic E-state index is -1.01. The van der Waals surface area contributed by atoms with Gasteiger partial charge in [-0.05, 0) is 50.9 Å². The molecule has 0 heterocycles. The van der Waals surface area contributed by atoms with E-state index in [1.54, 1.807) is 18.2 Å². The second-order valence-electron chi connectivity index (χ2n) is 6.44. The number of hydrogen-bond donors (Lipinski definition) is 2. The van der Waals surface area contributed by atoms with Gasteiger partial charge in [-0.1, -0.05) is 30.4 Å². The van der Waals surface area contributed by atoms with Gasteiger partial charge in [0.15, 0.2) is 0 Å². The predicted molar refractivity (Wildman–Crippen MR) is 96.8 cm³/mol. The molecule has 1 aliphatic rings. The molecule has 4 aromatic carbocycles. The third-order valence-corrected chi connectivity index (χ3v) is 5.12. The monoisotopic (exact) mass is 331 g/mol. The molecular weight excluding hydrogens is 318 g/mol. The van der Waals surface area contributed by atoms with Gasteiger partial charge in [0.25, 0.3) is 5.69 Å². The van der Waals surface area contributed by atoms with Gasteiger partial charge < -0.3 is 10.2 Å². The molecule has 5 nitrogen and oxygen atoms in total. The summed E-state index contributed by atoms with van der Waals surface area (Å²) in [6, 6.07) is 12.7. The highest BCUT2D eigenvalue weighted by molar-refractivity contribution is 6.25. The van der Waals surface area contributed by atoms with Gasteiger partial charge in [0.2, 0.25) is 0 Å². The molecule has 5 rings (SSSR count). The maximum Gasteiger partial charge on any atom is 0.277 e. The number of benzene rings is 4. The first-order valence-corrected chi connectivity index (χ1v) is 7.99. The summed E-state index contributed by atoms with van der Waals surface area (Å²) in [6.45, 7) is 0. The first-order chi connectivity index (χ1) is 12.1. The number of nitrogens with zero attached hydrogens (tertiary/aromatic N) is 1. The largest absolute Gasteiger partial charge is 0.386 e. The summed E-state index contributed by atoms with van der Waals surface area (Å²) in [5.41, 5.74) is 1.60. The van der Waals surface area contributed by atoms with Gasteiger partial charge in [-0.3, -0.25) is 10.1 Å². The summed E-state index contributed by atoms with van der Waals surface area (Å²) in [4.78, 5) is 11.0. The van der Waals surface area contributed by atoms with Gasteiger partial charge in [0.1, 0.15) is 12.2 Å². The number of non-ortho nitro benzene ring substituents is 1. The molecule has 0 radical (unpaired) electrons. The standard InChI is InChI=1S/C20H13NO4/c22-16-8-4-12-9-11-2-5-13-15(21(24)25)7-3-10-1-6-14(18(11)17(10)13)19(12)20(16)23/h1-9,16,20,22-23H/t16-,20+/m0/s1. The number of nitro benzene ring substituents is 1. The van der Waals surface area contributed by atoms with E-state index in [0.717, 1.165) is 32.5 Å². The highest BCUT2D eigenvalue weighted by Crippen LogP contribution is 2.43. The maximum absolute atomic E-state index is 11.4. The number of hydrogen-bond acceptors (Lipinski definition) is 4. The Morgan fingerprint density at radius 2 is 1.60 bits per heavy atom. The second-order valence-corrected chi connectivity index (χ2v) is 6.44. The quantitative estimate of drug-likeness (QED) is 0.315. The van der Waals surface area contributed by atoms with Crippen molar-refractivity contribution in [3.05, 3.63) is 69.8 Å². The van der Waals surface area contributed by atoms with Crippen LogP contribution >= 0.6 is 0 Å². The molecule has 1 aliphatic carbocycles.